The van der Waals surface area contributed by atoms with Crippen LogP contribution < -0.4 is 20.1 Å². The third kappa shape index (κ3) is 5.95. The highest BCUT2D eigenvalue weighted by Crippen LogP contribution is 2.16. The molecule has 1 rings (SSSR count). The lowest BCUT2D eigenvalue weighted by Gasteiger charge is -2.10. The Bertz CT molecular complexity index is 355. The van der Waals surface area contributed by atoms with Crippen LogP contribution in [0.25, 0.3) is 0 Å². The zero-order chi connectivity index (χ0) is 12.5. The van der Waals surface area contributed by atoms with E-state index in [0.29, 0.717) is 13.2 Å². The van der Waals surface area contributed by atoms with Gasteiger partial charge in [0.2, 0.25) is 0 Å². The van der Waals surface area contributed by atoms with Crippen LogP contribution >= 0.6 is 24.0 Å². The number of nitrogens with one attached hydrogen (secondary N) is 2. The number of methoxy groups -OCH3 is 1. The van der Waals surface area contributed by atoms with Gasteiger partial charge >= 0.3 is 0 Å². The number of halogens is 1. The monoisotopic (exact) mass is 365 g/mol. The quantitative estimate of drug-likeness (QED) is 0.359. The molecule has 0 radical (unpaired) electrons. The van der Waals surface area contributed by atoms with Crippen molar-refractivity contribution in [3.05, 3.63) is 24.3 Å². The highest BCUT2D eigenvalue weighted by Gasteiger charge is 1.96. The van der Waals surface area contributed by atoms with Gasteiger partial charge in [0.1, 0.15) is 18.1 Å². The first-order chi connectivity index (χ1) is 8.30. The van der Waals surface area contributed by atoms with Crippen LogP contribution in [0.3, 0.4) is 0 Å². The number of guanidine groups is 1. The molecule has 0 atom stereocenters. The van der Waals surface area contributed by atoms with Crippen LogP contribution in [-0.4, -0.2) is 40.3 Å². The van der Waals surface area contributed by atoms with E-state index in [-0.39, 0.29) is 24.0 Å². The summed E-state index contributed by atoms with van der Waals surface area (Å²) >= 11 is 0. The van der Waals surface area contributed by atoms with Gasteiger partial charge in [-0.1, -0.05) is 0 Å². The van der Waals surface area contributed by atoms with Crippen LogP contribution in [-0.2, 0) is 0 Å². The molecule has 2 N–H and O–H groups in total. The Morgan fingerprint density at radius 1 is 1.22 bits per heavy atom. The molecular weight excluding hydrogens is 345 g/mol. The van der Waals surface area contributed by atoms with E-state index >= 15 is 0 Å². The second-order valence-electron chi connectivity index (χ2n) is 3.27. The summed E-state index contributed by atoms with van der Waals surface area (Å²) in [6, 6.07) is 7.50. The highest BCUT2D eigenvalue weighted by atomic mass is 127. The van der Waals surface area contributed by atoms with Crippen molar-refractivity contribution in [3.8, 4) is 11.5 Å². The van der Waals surface area contributed by atoms with E-state index in [4.69, 9.17) is 9.47 Å². The van der Waals surface area contributed by atoms with E-state index in [1.54, 1.807) is 14.2 Å². The number of nitrogens with zero attached hydrogens (tertiary/aromatic N) is 1. The molecule has 0 unspecified atom stereocenters. The lowest BCUT2D eigenvalue weighted by Crippen LogP contribution is -2.37. The Balaban J connectivity index is 0.00000289. The normalized spacial score (nSPS) is 10.3. The standard InChI is InChI=1S/C12H19N3O2.HI/c1-13-12(14-2)15-8-9-17-11-6-4-10(16-3)5-7-11;/h4-7H,8-9H2,1-3H3,(H2,13,14,15);1H. The summed E-state index contributed by atoms with van der Waals surface area (Å²) in [7, 11) is 5.19. The maximum Gasteiger partial charge on any atom is 0.190 e. The number of benzene rings is 1. The van der Waals surface area contributed by atoms with Crippen LogP contribution in [0.2, 0.25) is 0 Å². The Morgan fingerprint density at radius 2 is 1.83 bits per heavy atom. The molecule has 18 heavy (non-hydrogen) atoms. The average molecular weight is 365 g/mol. The molecule has 0 aliphatic rings. The number of rotatable bonds is 5. The van der Waals surface area contributed by atoms with Crippen molar-refractivity contribution in [3.63, 3.8) is 0 Å². The topological polar surface area (TPSA) is 54.9 Å². The Kier molecular flexibility index (Phi) is 9.17. The van der Waals surface area contributed by atoms with Crippen molar-refractivity contribution >= 4 is 29.9 Å². The fourth-order valence-electron chi connectivity index (χ4n) is 1.29. The van der Waals surface area contributed by atoms with Crippen LogP contribution in [0.15, 0.2) is 29.3 Å². The van der Waals surface area contributed by atoms with E-state index in [9.17, 15) is 0 Å². The van der Waals surface area contributed by atoms with Gasteiger partial charge in [-0.3, -0.25) is 4.99 Å². The fraction of sp³-hybridized carbons (Fsp3) is 0.417. The molecule has 0 aliphatic heterocycles. The fourth-order valence-corrected chi connectivity index (χ4v) is 1.29. The first kappa shape index (κ1) is 16.8. The lowest BCUT2D eigenvalue weighted by atomic mass is 10.3. The molecule has 0 heterocycles. The lowest BCUT2D eigenvalue weighted by molar-refractivity contribution is 0.321. The summed E-state index contributed by atoms with van der Waals surface area (Å²) in [4.78, 5) is 4.00. The van der Waals surface area contributed by atoms with Crippen LogP contribution in [0.1, 0.15) is 0 Å². The first-order valence-corrected chi connectivity index (χ1v) is 5.45. The Labute approximate surface area is 125 Å². The van der Waals surface area contributed by atoms with Gasteiger partial charge in [-0.25, -0.2) is 0 Å². The van der Waals surface area contributed by atoms with Crippen LogP contribution in [0.4, 0.5) is 0 Å². The molecule has 0 saturated heterocycles. The molecule has 0 bridgehead atoms. The predicted molar refractivity (Wildman–Crippen MR) is 84.3 cm³/mol. The Hall–Kier alpha value is -1.18. The van der Waals surface area contributed by atoms with Crippen molar-refractivity contribution in [1.29, 1.82) is 0 Å². The number of hydrogen-bond acceptors (Lipinski definition) is 3. The summed E-state index contributed by atoms with van der Waals surface area (Å²) in [5, 5.41) is 6.03. The minimum absolute atomic E-state index is 0. The zero-order valence-electron chi connectivity index (χ0n) is 10.9. The van der Waals surface area contributed by atoms with Crippen molar-refractivity contribution in [2.45, 2.75) is 0 Å². The van der Waals surface area contributed by atoms with Crippen molar-refractivity contribution in [2.75, 3.05) is 34.4 Å². The smallest absolute Gasteiger partial charge is 0.190 e. The van der Waals surface area contributed by atoms with E-state index in [0.717, 1.165) is 17.5 Å². The third-order valence-corrected chi connectivity index (χ3v) is 2.18. The molecule has 1 aromatic carbocycles. The predicted octanol–water partition coefficient (Wildman–Crippen LogP) is 1.49. The number of aliphatic imine (C=N–C) groups is 1. The van der Waals surface area contributed by atoms with E-state index < -0.39 is 0 Å². The minimum atomic E-state index is 0. The molecule has 0 aliphatic carbocycles. The summed E-state index contributed by atoms with van der Waals surface area (Å²) in [5.74, 6) is 2.40. The zero-order valence-corrected chi connectivity index (χ0v) is 13.2. The van der Waals surface area contributed by atoms with Gasteiger partial charge in [0, 0.05) is 14.1 Å². The molecule has 1 aromatic rings. The molecule has 6 heteroatoms. The third-order valence-electron chi connectivity index (χ3n) is 2.18. The molecule has 102 valence electrons. The number of ether oxygens (including phenoxy) is 2. The minimum Gasteiger partial charge on any atom is -0.497 e. The Morgan fingerprint density at radius 3 is 2.33 bits per heavy atom. The van der Waals surface area contributed by atoms with Gasteiger partial charge in [-0.15, -0.1) is 24.0 Å². The second kappa shape index (κ2) is 9.81. The molecule has 0 saturated carbocycles. The molecular formula is C12H20IN3O2. The summed E-state index contributed by atoms with van der Waals surface area (Å²) in [6.45, 7) is 1.27. The van der Waals surface area contributed by atoms with Gasteiger partial charge in [0.25, 0.3) is 0 Å². The molecule has 0 aromatic heterocycles. The van der Waals surface area contributed by atoms with Gasteiger partial charge in [0.15, 0.2) is 5.96 Å². The van der Waals surface area contributed by atoms with Crippen LogP contribution in [0.5, 0.6) is 11.5 Å². The van der Waals surface area contributed by atoms with Gasteiger partial charge in [-0.05, 0) is 24.3 Å². The largest absolute Gasteiger partial charge is 0.497 e. The van der Waals surface area contributed by atoms with Gasteiger partial charge in [0.05, 0.1) is 13.7 Å². The molecule has 0 amide bonds. The summed E-state index contributed by atoms with van der Waals surface area (Å²) in [6.07, 6.45) is 0. The maximum absolute atomic E-state index is 5.54. The van der Waals surface area contributed by atoms with Crippen molar-refractivity contribution in [2.24, 2.45) is 4.99 Å². The van der Waals surface area contributed by atoms with Crippen molar-refractivity contribution in [1.82, 2.24) is 10.6 Å². The van der Waals surface area contributed by atoms with Gasteiger partial charge in [-0.2, -0.15) is 0 Å². The first-order valence-electron chi connectivity index (χ1n) is 5.45. The summed E-state index contributed by atoms with van der Waals surface area (Å²) in [5.41, 5.74) is 0. The molecule has 0 spiro atoms. The van der Waals surface area contributed by atoms with E-state index in [1.807, 2.05) is 31.3 Å². The maximum atomic E-state index is 5.54. The van der Waals surface area contributed by atoms with Crippen molar-refractivity contribution < 1.29 is 9.47 Å². The van der Waals surface area contributed by atoms with E-state index in [1.165, 1.54) is 0 Å². The highest BCUT2D eigenvalue weighted by molar-refractivity contribution is 14.0. The number of hydrogen-bond donors (Lipinski definition) is 2. The summed E-state index contributed by atoms with van der Waals surface area (Å²) < 4.78 is 10.6. The average Bonchev–Trinajstić information content (AvgIpc) is 2.40. The van der Waals surface area contributed by atoms with Crippen LogP contribution in [0, 0.1) is 0 Å². The van der Waals surface area contributed by atoms with E-state index in [2.05, 4.69) is 15.6 Å². The molecule has 5 nitrogen and oxygen atoms in total. The SMILES string of the molecule is CN=C(NC)NCCOc1ccc(OC)cc1.I. The molecule has 0 fully saturated rings. The second-order valence-corrected chi connectivity index (χ2v) is 3.27. The van der Waals surface area contributed by atoms with Gasteiger partial charge < -0.3 is 20.1 Å².